The maximum atomic E-state index is 2.49. The van der Waals surface area contributed by atoms with Crippen LogP contribution in [0.1, 0.15) is 30.0 Å². The van der Waals surface area contributed by atoms with Crippen LogP contribution in [0.3, 0.4) is 0 Å². The summed E-state index contributed by atoms with van der Waals surface area (Å²) >= 11 is 0. The molecule has 0 saturated heterocycles. The number of rotatable bonds is 2. The normalized spacial score (nSPS) is 19.0. The molecule has 0 nitrogen and oxygen atoms in total. The van der Waals surface area contributed by atoms with E-state index in [2.05, 4.69) is 92.7 Å². The van der Waals surface area contributed by atoms with Gasteiger partial charge >= 0.3 is 0 Å². The molecule has 1 heteroatoms. The lowest BCUT2D eigenvalue weighted by molar-refractivity contribution is 0.807. The molecule has 25 heavy (non-hydrogen) atoms. The quantitative estimate of drug-likeness (QED) is 0.538. The Morgan fingerprint density at radius 1 is 0.760 bits per heavy atom. The van der Waals surface area contributed by atoms with Crippen LogP contribution >= 0.6 is 7.26 Å². The second-order valence-corrected chi connectivity index (χ2v) is 11.3. The highest BCUT2D eigenvalue weighted by atomic mass is 31.2. The van der Waals surface area contributed by atoms with Crippen LogP contribution in [0.15, 0.2) is 78.9 Å². The molecule has 0 aromatic heterocycles. The van der Waals surface area contributed by atoms with Crippen molar-refractivity contribution in [3.63, 3.8) is 0 Å². The first-order valence-electron chi connectivity index (χ1n) is 9.27. The monoisotopic (exact) mass is 345 g/mol. The number of benzene rings is 3. The number of fused-ring (bicyclic) bond motifs is 1. The van der Waals surface area contributed by atoms with Gasteiger partial charge in [-0.3, -0.25) is 0 Å². The van der Waals surface area contributed by atoms with Gasteiger partial charge in [0.1, 0.15) is 0 Å². The van der Waals surface area contributed by atoms with Gasteiger partial charge in [0.15, 0.2) is 0 Å². The molecule has 3 aromatic carbocycles. The Morgan fingerprint density at radius 3 is 1.96 bits per heavy atom. The molecule has 0 saturated carbocycles. The van der Waals surface area contributed by atoms with Crippen molar-refractivity contribution >= 4 is 17.9 Å². The van der Waals surface area contributed by atoms with Gasteiger partial charge < -0.3 is 0 Å². The molecule has 1 unspecified atom stereocenters. The molecule has 126 valence electrons. The van der Waals surface area contributed by atoms with Crippen LogP contribution in [-0.2, 0) is 12.6 Å². The van der Waals surface area contributed by atoms with E-state index >= 15 is 0 Å². The summed E-state index contributed by atoms with van der Waals surface area (Å²) in [5.41, 5.74) is 5.22. The van der Waals surface area contributed by atoms with Crippen LogP contribution in [0, 0.1) is 6.92 Å². The molecule has 0 radical (unpaired) electrons. The van der Waals surface area contributed by atoms with Crippen molar-refractivity contribution in [3.8, 4) is 0 Å². The average molecular weight is 345 g/mol. The standard InChI is InChI=1S/C24H26P/c1-19-13-15-21-16-14-20(2)25(18-22(21)17-19,23-9-5-3-6-10-23)24-11-7-4-8-12-24/h3-13,15,17,20H,14,16,18H2,1-2H3/q+1. The minimum atomic E-state index is -1.48. The SMILES string of the molecule is Cc1ccc2c(c1)C[P+](c1ccccc1)(c1ccccc1)C(C)CC2. The fourth-order valence-electron chi connectivity index (χ4n) is 4.38. The first-order valence-corrected chi connectivity index (χ1v) is 11.3. The lowest BCUT2D eigenvalue weighted by Gasteiger charge is -2.31. The molecule has 0 bridgehead atoms. The van der Waals surface area contributed by atoms with E-state index in [1.54, 1.807) is 21.7 Å². The topological polar surface area (TPSA) is 0 Å². The van der Waals surface area contributed by atoms with E-state index in [0.29, 0.717) is 5.66 Å². The van der Waals surface area contributed by atoms with Crippen LogP contribution < -0.4 is 10.6 Å². The lowest BCUT2D eigenvalue weighted by atomic mass is 10.0. The van der Waals surface area contributed by atoms with E-state index in [1.165, 1.54) is 24.6 Å². The van der Waals surface area contributed by atoms with E-state index in [-0.39, 0.29) is 0 Å². The van der Waals surface area contributed by atoms with Crippen LogP contribution in [0.25, 0.3) is 0 Å². The van der Waals surface area contributed by atoms with Crippen molar-refractivity contribution in [3.05, 3.63) is 95.6 Å². The molecule has 0 fully saturated rings. The van der Waals surface area contributed by atoms with Crippen molar-refractivity contribution in [2.24, 2.45) is 0 Å². The maximum Gasteiger partial charge on any atom is 0.0998 e. The van der Waals surface area contributed by atoms with E-state index < -0.39 is 7.26 Å². The third kappa shape index (κ3) is 2.94. The molecule has 1 aliphatic heterocycles. The molecule has 0 N–H and O–H groups in total. The molecule has 4 rings (SSSR count). The van der Waals surface area contributed by atoms with Crippen LogP contribution in [0.4, 0.5) is 0 Å². The Balaban J connectivity index is 1.96. The summed E-state index contributed by atoms with van der Waals surface area (Å²) < 4.78 is 0. The summed E-state index contributed by atoms with van der Waals surface area (Å²) in [5.74, 6) is 0. The number of hydrogen-bond acceptors (Lipinski definition) is 0. The summed E-state index contributed by atoms with van der Waals surface area (Å²) in [4.78, 5) is 0. The van der Waals surface area contributed by atoms with Crippen molar-refractivity contribution in [2.45, 2.75) is 38.5 Å². The van der Waals surface area contributed by atoms with Gasteiger partial charge in [0.2, 0.25) is 0 Å². The van der Waals surface area contributed by atoms with Crippen LogP contribution in [0.5, 0.6) is 0 Å². The van der Waals surface area contributed by atoms with E-state index in [4.69, 9.17) is 0 Å². The van der Waals surface area contributed by atoms with Gasteiger partial charge in [-0.1, -0.05) is 60.2 Å². The Labute approximate surface area is 152 Å². The first kappa shape index (κ1) is 16.6. The van der Waals surface area contributed by atoms with E-state index in [9.17, 15) is 0 Å². The van der Waals surface area contributed by atoms with Gasteiger partial charge in [0.05, 0.1) is 29.7 Å². The van der Waals surface area contributed by atoms with Gasteiger partial charge in [0.25, 0.3) is 0 Å². The zero-order valence-electron chi connectivity index (χ0n) is 15.2. The summed E-state index contributed by atoms with van der Waals surface area (Å²) in [5, 5.41) is 3.12. The third-order valence-electron chi connectivity index (χ3n) is 5.80. The van der Waals surface area contributed by atoms with Gasteiger partial charge in [-0.05, 0) is 62.1 Å². The molecule has 3 aromatic rings. The Hall–Kier alpha value is -1.91. The molecule has 1 atom stereocenters. The molecule has 0 amide bonds. The fourth-order valence-corrected chi connectivity index (χ4v) is 9.19. The van der Waals surface area contributed by atoms with Crippen molar-refractivity contribution < 1.29 is 0 Å². The summed E-state index contributed by atoms with van der Waals surface area (Å²) in [6.07, 6.45) is 3.67. The lowest BCUT2D eigenvalue weighted by Crippen LogP contribution is -2.30. The van der Waals surface area contributed by atoms with Gasteiger partial charge in [0, 0.05) is 0 Å². The Kier molecular flexibility index (Phi) is 4.48. The predicted molar refractivity (Wildman–Crippen MR) is 112 cm³/mol. The molecule has 0 aliphatic carbocycles. The summed E-state index contributed by atoms with van der Waals surface area (Å²) in [6, 6.07) is 29.7. The van der Waals surface area contributed by atoms with Crippen molar-refractivity contribution in [1.82, 2.24) is 0 Å². The van der Waals surface area contributed by atoms with Gasteiger partial charge in [-0.25, -0.2) is 0 Å². The molecular weight excluding hydrogens is 319 g/mol. The summed E-state index contributed by atoms with van der Waals surface area (Å²) in [6.45, 7) is 4.71. The highest BCUT2D eigenvalue weighted by Gasteiger charge is 2.49. The Bertz CT molecular complexity index is 812. The molecule has 1 aliphatic rings. The fraction of sp³-hybridized carbons (Fsp3) is 0.250. The highest BCUT2D eigenvalue weighted by molar-refractivity contribution is 7.89. The van der Waals surface area contributed by atoms with Crippen molar-refractivity contribution in [2.75, 3.05) is 0 Å². The van der Waals surface area contributed by atoms with Gasteiger partial charge in [-0.2, -0.15) is 0 Å². The van der Waals surface area contributed by atoms with Gasteiger partial charge in [-0.15, -0.1) is 0 Å². The molecule has 1 heterocycles. The minimum Gasteiger partial charge on any atom is -0.0620 e. The zero-order chi connectivity index (χ0) is 17.3. The second kappa shape index (κ2) is 6.77. The van der Waals surface area contributed by atoms with Crippen molar-refractivity contribution in [1.29, 1.82) is 0 Å². The largest absolute Gasteiger partial charge is 0.0998 e. The number of hydrogen-bond donors (Lipinski definition) is 0. The summed E-state index contributed by atoms with van der Waals surface area (Å²) in [7, 11) is -1.48. The predicted octanol–water partition coefficient (Wildman–Crippen LogP) is 5.50. The van der Waals surface area contributed by atoms with Crippen LogP contribution in [0.2, 0.25) is 0 Å². The van der Waals surface area contributed by atoms with E-state index in [1.807, 2.05) is 0 Å². The van der Waals surface area contributed by atoms with Crippen LogP contribution in [-0.4, -0.2) is 5.66 Å². The minimum absolute atomic E-state index is 0.699. The third-order valence-corrected chi connectivity index (χ3v) is 10.8. The average Bonchev–Trinajstić information content (AvgIpc) is 2.80. The molecule has 0 spiro atoms. The zero-order valence-corrected chi connectivity index (χ0v) is 16.0. The first-order chi connectivity index (χ1) is 12.2. The molecular formula is C24H26P+. The van der Waals surface area contributed by atoms with E-state index in [0.717, 1.165) is 0 Å². The smallest absolute Gasteiger partial charge is 0.0620 e. The maximum absolute atomic E-state index is 2.49. The number of aryl methyl sites for hydroxylation is 2. The second-order valence-electron chi connectivity index (χ2n) is 7.36. The Morgan fingerprint density at radius 2 is 1.36 bits per heavy atom. The highest BCUT2D eigenvalue weighted by Crippen LogP contribution is 2.65.